The van der Waals surface area contributed by atoms with E-state index in [2.05, 4.69) is 59.7 Å². The van der Waals surface area contributed by atoms with Crippen LogP contribution in [0.1, 0.15) is 72.3 Å². The Morgan fingerprint density at radius 3 is 2.17 bits per heavy atom. The minimum atomic E-state index is -0.537. The van der Waals surface area contributed by atoms with Crippen molar-refractivity contribution in [2.45, 2.75) is 70.3 Å². The molecule has 4 aromatic rings. The molecule has 3 atom stereocenters. The predicted molar refractivity (Wildman–Crippen MR) is 183 cm³/mol. The number of aliphatic hydroxyl groups excluding tert-OH is 1. The van der Waals surface area contributed by atoms with E-state index in [1.54, 1.807) is 5.48 Å². The highest BCUT2D eigenvalue weighted by Crippen LogP contribution is 2.38. The van der Waals surface area contributed by atoms with Crippen molar-refractivity contribution in [1.82, 2.24) is 15.7 Å². The molecule has 1 aliphatic rings. The Morgan fingerprint density at radius 1 is 0.771 bits per heavy atom. The highest BCUT2D eigenvalue weighted by Gasteiger charge is 2.32. The lowest BCUT2D eigenvalue weighted by Gasteiger charge is -2.38. The lowest BCUT2D eigenvalue weighted by Crippen LogP contribution is -2.37. The Hall–Kier alpha value is -4.38. The van der Waals surface area contributed by atoms with E-state index in [0.29, 0.717) is 25.8 Å². The first-order valence-corrected chi connectivity index (χ1v) is 16.5. The van der Waals surface area contributed by atoms with Crippen molar-refractivity contribution in [2.24, 2.45) is 0 Å². The molecule has 0 bridgehead atoms. The minimum Gasteiger partial charge on any atom is -0.392 e. The summed E-state index contributed by atoms with van der Waals surface area (Å²) in [5.41, 5.74) is 8.79. The van der Waals surface area contributed by atoms with Gasteiger partial charge < -0.3 is 19.9 Å². The zero-order valence-electron chi connectivity index (χ0n) is 27.4. The molecular weight excluding hydrogens is 606 g/mol. The van der Waals surface area contributed by atoms with E-state index in [1.165, 1.54) is 5.56 Å². The molecule has 252 valence electrons. The molecule has 1 saturated heterocycles. The summed E-state index contributed by atoms with van der Waals surface area (Å²) in [6.07, 6.45) is 1.60. The second-order valence-electron chi connectivity index (χ2n) is 12.4. The summed E-state index contributed by atoms with van der Waals surface area (Å²) in [6, 6.07) is 34.7. The average Bonchev–Trinajstić information content (AvgIpc) is 3.13. The first-order valence-electron chi connectivity index (χ1n) is 16.5. The number of hydrogen-bond donors (Lipinski definition) is 4. The van der Waals surface area contributed by atoms with Crippen molar-refractivity contribution in [2.75, 3.05) is 13.6 Å². The van der Waals surface area contributed by atoms with Crippen LogP contribution >= 0.6 is 0 Å². The predicted octanol–water partition coefficient (Wildman–Crippen LogP) is 6.21. The maximum Gasteiger partial charge on any atom is 0.243 e. The van der Waals surface area contributed by atoms with Crippen LogP contribution in [0.5, 0.6) is 0 Å². The Morgan fingerprint density at radius 2 is 1.46 bits per heavy atom. The van der Waals surface area contributed by atoms with Crippen LogP contribution in [0.4, 0.5) is 0 Å². The van der Waals surface area contributed by atoms with Crippen molar-refractivity contribution < 1.29 is 29.4 Å². The molecule has 0 saturated carbocycles. The van der Waals surface area contributed by atoms with E-state index in [-0.39, 0.29) is 31.1 Å². The van der Waals surface area contributed by atoms with Crippen molar-refractivity contribution in [1.29, 1.82) is 0 Å². The van der Waals surface area contributed by atoms with Crippen LogP contribution in [-0.4, -0.2) is 46.7 Å². The van der Waals surface area contributed by atoms with Gasteiger partial charge in [-0.25, -0.2) is 5.48 Å². The van der Waals surface area contributed by atoms with Gasteiger partial charge in [-0.2, -0.15) is 0 Å². The van der Waals surface area contributed by atoms with Gasteiger partial charge in [0.25, 0.3) is 0 Å². The molecule has 1 aliphatic heterocycles. The van der Waals surface area contributed by atoms with Gasteiger partial charge in [-0.3, -0.25) is 19.7 Å². The van der Waals surface area contributed by atoms with Crippen LogP contribution in [0.15, 0.2) is 103 Å². The Kier molecular flexibility index (Phi) is 12.9. The number of nitrogens with zero attached hydrogens (tertiary/aromatic N) is 1. The third-order valence-electron chi connectivity index (χ3n) is 8.54. The summed E-state index contributed by atoms with van der Waals surface area (Å²) < 4.78 is 13.1. The molecule has 2 amide bonds. The molecule has 4 aromatic carbocycles. The van der Waals surface area contributed by atoms with Gasteiger partial charge >= 0.3 is 0 Å². The first-order chi connectivity index (χ1) is 23.4. The second kappa shape index (κ2) is 17.7. The SMILES string of the molecule is CN(Cc1ccccc1)C[C@@H]1C[C@H](c2ccc(CO)cc2)O[C@H](c2ccc(-c3cccc(CNC(=O)CCCCC(=O)NO)c3)cc2)O1. The number of rotatable bonds is 15. The number of carbonyl (C=O) groups is 2. The fourth-order valence-corrected chi connectivity index (χ4v) is 5.95. The van der Waals surface area contributed by atoms with Crippen LogP contribution in [0.3, 0.4) is 0 Å². The van der Waals surface area contributed by atoms with E-state index in [1.807, 2.05) is 60.7 Å². The molecule has 5 rings (SSSR count). The Labute approximate surface area is 282 Å². The van der Waals surface area contributed by atoms with Gasteiger partial charge in [0.1, 0.15) is 0 Å². The van der Waals surface area contributed by atoms with Gasteiger partial charge in [-0.05, 0) is 59.3 Å². The van der Waals surface area contributed by atoms with E-state index in [4.69, 9.17) is 14.7 Å². The number of unbranched alkanes of at least 4 members (excludes halogenated alkanes) is 1. The zero-order chi connectivity index (χ0) is 33.7. The molecule has 9 nitrogen and oxygen atoms in total. The molecule has 0 spiro atoms. The minimum absolute atomic E-state index is 0.00336. The third-order valence-corrected chi connectivity index (χ3v) is 8.54. The molecule has 4 N–H and O–H groups in total. The molecule has 1 fully saturated rings. The number of aliphatic hydroxyl groups is 1. The fraction of sp³-hybridized carbons (Fsp3) is 0.333. The number of benzene rings is 4. The summed E-state index contributed by atoms with van der Waals surface area (Å²) in [4.78, 5) is 25.7. The summed E-state index contributed by atoms with van der Waals surface area (Å²) in [5, 5.41) is 21.0. The number of nitrogens with one attached hydrogen (secondary N) is 2. The molecule has 48 heavy (non-hydrogen) atoms. The topological polar surface area (TPSA) is 120 Å². The molecule has 0 unspecified atom stereocenters. The number of carbonyl (C=O) groups excluding carboxylic acids is 2. The molecule has 9 heteroatoms. The Bertz CT molecular complexity index is 1600. The van der Waals surface area contributed by atoms with Crippen LogP contribution in [0.25, 0.3) is 11.1 Å². The summed E-state index contributed by atoms with van der Waals surface area (Å²) in [5.74, 6) is -0.520. The number of hydrogen-bond acceptors (Lipinski definition) is 7. The van der Waals surface area contributed by atoms with Gasteiger partial charge in [-0.1, -0.05) is 97.1 Å². The molecule has 0 aliphatic carbocycles. The summed E-state index contributed by atoms with van der Waals surface area (Å²) in [6.45, 7) is 1.99. The summed E-state index contributed by atoms with van der Waals surface area (Å²) >= 11 is 0. The largest absolute Gasteiger partial charge is 0.392 e. The Balaban J connectivity index is 1.23. The fourth-order valence-electron chi connectivity index (χ4n) is 5.95. The molecule has 0 radical (unpaired) electrons. The lowest BCUT2D eigenvalue weighted by molar-refractivity contribution is -0.252. The highest BCUT2D eigenvalue weighted by atomic mass is 16.7. The number of amides is 2. The average molecular weight is 652 g/mol. The zero-order valence-corrected chi connectivity index (χ0v) is 27.4. The van der Waals surface area contributed by atoms with Crippen LogP contribution in [-0.2, 0) is 38.8 Å². The van der Waals surface area contributed by atoms with E-state index >= 15 is 0 Å². The maximum absolute atomic E-state index is 12.3. The summed E-state index contributed by atoms with van der Waals surface area (Å²) in [7, 11) is 2.11. The highest BCUT2D eigenvalue weighted by molar-refractivity contribution is 5.76. The van der Waals surface area contributed by atoms with Crippen molar-refractivity contribution >= 4 is 11.8 Å². The van der Waals surface area contributed by atoms with Crippen LogP contribution in [0.2, 0.25) is 0 Å². The van der Waals surface area contributed by atoms with Crippen molar-refractivity contribution in [3.63, 3.8) is 0 Å². The normalized spacial score (nSPS) is 17.6. The van der Waals surface area contributed by atoms with Crippen molar-refractivity contribution in [3.8, 4) is 11.1 Å². The monoisotopic (exact) mass is 651 g/mol. The third kappa shape index (κ3) is 10.3. The number of ether oxygens (including phenoxy) is 2. The van der Waals surface area contributed by atoms with E-state index in [9.17, 15) is 14.7 Å². The smallest absolute Gasteiger partial charge is 0.243 e. The van der Waals surface area contributed by atoms with Gasteiger partial charge in [0.05, 0.1) is 18.8 Å². The maximum atomic E-state index is 12.3. The van der Waals surface area contributed by atoms with Crippen LogP contribution < -0.4 is 10.8 Å². The van der Waals surface area contributed by atoms with Crippen molar-refractivity contribution in [3.05, 3.63) is 131 Å². The number of likely N-dealkylation sites (N-methyl/N-ethyl adjacent to an activating group) is 1. The van der Waals surface area contributed by atoms with Crippen LogP contribution in [0, 0.1) is 0 Å². The lowest BCUT2D eigenvalue weighted by atomic mass is 9.99. The van der Waals surface area contributed by atoms with Gasteiger partial charge in [0.15, 0.2) is 6.29 Å². The van der Waals surface area contributed by atoms with Gasteiger partial charge in [-0.15, -0.1) is 0 Å². The van der Waals surface area contributed by atoms with E-state index < -0.39 is 12.2 Å². The first kappa shape index (κ1) is 34.9. The van der Waals surface area contributed by atoms with E-state index in [0.717, 1.165) is 52.9 Å². The number of hydroxylamine groups is 1. The standard InChI is InChI=1S/C39H45N3O6/c1-42(25-28-8-3-2-4-9-28)26-35-23-36(32-16-14-29(27-43)15-17-32)48-39(47-35)33-20-18-31(19-21-33)34-11-7-10-30(22-34)24-40-37(44)12-5-6-13-38(45)41-46/h2-4,7-11,14-22,35-36,39,43,46H,5-6,12-13,23-27H2,1H3,(H,40,44)(H,41,45)/t35-,36+,39+/m0/s1. The quantitative estimate of drug-likeness (QED) is 0.0686. The molecule has 1 heterocycles. The van der Waals surface area contributed by atoms with Gasteiger partial charge in [0, 0.05) is 44.5 Å². The second-order valence-corrected chi connectivity index (χ2v) is 12.4. The molecule has 0 aromatic heterocycles. The van der Waals surface area contributed by atoms with Gasteiger partial charge in [0.2, 0.25) is 11.8 Å². The molecular formula is C39H45N3O6.